The summed E-state index contributed by atoms with van der Waals surface area (Å²) in [5.74, 6) is -5.60. The Bertz CT molecular complexity index is 866. The number of aryl methyl sites for hydroxylation is 1. The summed E-state index contributed by atoms with van der Waals surface area (Å²) in [5, 5.41) is 0. The van der Waals surface area contributed by atoms with Gasteiger partial charge in [-0.1, -0.05) is 0 Å². The molecule has 1 nitrogen and oxygen atoms in total. The molecule has 0 N–H and O–H groups in total. The Morgan fingerprint density at radius 1 is 1.00 bits per heavy atom. The van der Waals surface area contributed by atoms with E-state index in [1.807, 2.05) is 0 Å². The van der Waals surface area contributed by atoms with Gasteiger partial charge in [0.2, 0.25) is 5.75 Å². The molecular weight excluding hydrogens is 389 g/mol. The Hall–Kier alpha value is -2.25. The highest BCUT2D eigenvalue weighted by Crippen LogP contribution is 2.37. The predicted octanol–water partition coefficient (Wildman–Crippen LogP) is 6.19. The van der Waals surface area contributed by atoms with E-state index in [1.165, 1.54) is 12.1 Å². The second-order valence-electron chi connectivity index (χ2n) is 7.04. The lowest BCUT2D eigenvalue weighted by molar-refractivity contribution is -0.276. The van der Waals surface area contributed by atoms with Crippen LogP contribution in [-0.2, 0) is 19.3 Å². The summed E-state index contributed by atoms with van der Waals surface area (Å²) in [4.78, 5) is 0. The number of rotatable bonds is 4. The minimum Gasteiger partial charge on any atom is -0.399 e. The Morgan fingerprint density at radius 3 is 2.25 bits per heavy atom. The third-order valence-corrected chi connectivity index (χ3v) is 4.99. The summed E-state index contributed by atoms with van der Waals surface area (Å²) in [5.41, 5.74) is 0.672. The molecule has 2 aromatic rings. The summed E-state index contributed by atoms with van der Waals surface area (Å²) >= 11 is 0. The van der Waals surface area contributed by atoms with Crippen molar-refractivity contribution in [2.45, 2.75) is 45.4 Å². The molecular formula is C20H17F7O. The van der Waals surface area contributed by atoms with E-state index in [9.17, 15) is 30.7 Å². The molecule has 152 valence electrons. The molecule has 3 rings (SSSR count). The Kier molecular flexibility index (Phi) is 5.59. The predicted molar refractivity (Wildman–Crippen MR) is 88.0 cm³/mol. The molecule has 8 heteroatoms. The van der Waals surface area contributed by atoms with Gasteiger partial charge in [0, 0.05) is 5.56 Å². The van der Waals surface area contributed by atoms with Gasteiger partial charge in [-0.3, -0.25) is 0 Å². The van der Waals surface area contributed by atoms with Crippen LogP contribution in [0.1, 0.15) is 35.1 Å². The van der Waals surface area contributed by atoms with Crippen molar-refractivity contribution < 1.29 is 35.5 Å². The third-order valence-electron chi connectivity index (χ3n) is 4.99. The number of benzene rings is 2. The van der Waals surface area contributed by atoms with E-state index in [4.69, 9.17) is 0 Å². The number of ether oxygens (including phenoxy) is 1. The number of hydrogen-bond acceptors (Lipinski definition) is 1. The van der Waals surface area contributed by atoms with Crippen molar-refractivity contribution in [3.63, 3.8) is 0 Å². The lowest BCUT2D eigenvalue weighted by Crippen LogP contribution is -2.22. The van der Waals surface area contributed by atoms with E-state index in [-0.39, 0.29) is 41.9 Å². The summed E-state index contributed by atoms with van der Waals surface area (Å²) in [6.45, 7) is 1.58. The van der Waals surface area contributed by atoms with Crippen molar-refractivity contribution in [3.05, 3.63) is 63.7 Å². The summed E-state index contributed by atoms with van der Waals surface area (Å²) in [6.07, 6.45) is -3.96. The molecule has 0 radical (unpaired) electrons. The molecule has 0 saturated heterocycles. The second-order valence-corrected chi connectivity index (χ2v) is 7.04. The molecule has 0 aliphatic heterocycles. The topological polar surface area (TPSA) is 9.23 Å². The van der Waals surface area contributed by atoms with Crippen molar-refractivity contribution >= 4 is 0 Å². The molecule has 28 heavy (non-hydrogen) atoms. The quantitative estimate of drug-likeness (QED) is 0.551. The lowest BCUT2D eigenvalue weighted by Gasteiger charge is -2.26. The molecule has 0 amide bonds. The summed E-state index contributed by atoms with van der Waals surface area (Å²) in [7, 11) is 0. The highest BCUT2D eigenvalue weighted by molar-refractivity contribution is 5.41. The van der Waals surface area contributed by atoms with Gasteiger partial charge in [0.05, 0.1) is 0 Å². The molecule has 1 aliphatic rings. The largest absolute Gasteiger partial charge is 0.573 e. The van der Waals surface area contributed by atoms with Gasteiger partial charge in [-0.25, -0.2) is 17.6 Å². The van der Waals surface area contributed by atoms with Crippen LogP contribution in [0.25, 0.3) is 0 Å². The third kappa shape index (κ3) is 4.42. The van der Waals surface area contributed by atoms with E-state index < -0.39 is 35.4 Å². The first-order chi connectivity index (χ1) is 13.0. The molecule has 1 unspecified atom stereocenters. The lowest BCUT2D eigenvalue weighted by atomic mass is 9.80. The van der Waals surface area contributed by atoms with Gasteiger partial charge in [-0.2, -0.15) is 0 Å². The van der Waals surface area contributed by atoms with Crippen molar-refractivity contribution in [1.29, 1.82) is 0 Å². The molecule has 0 spiro atoms. The van der Waals surface area contributed by atoms with Gasteiger partial charge in [-0.05, 0) is 79.8 Å². The van der Waals surface area contributed by atoms with Crippen molar-refractivity contribution in [2.24, 2.45) is 5.92 Å². The van der Waals surface area contributed by atoms with Gasteiger partial charge >= 0.3 is 6.36 Å². The smallest absolute Gasteiger partial charge is 0.399 e. The molecule has 0 aromatic heterocycles. The highest BCUT2D eigenvalue weighted by Gasteiger charge is 2.36. The van der Waals surface area contributed by atoms with Crippen LogP contribution in [0, 0.1) is 36.1 Å². The van der Waals surface area contributed by atoms with E-state index >= 15 is 0 Å². The maximum Gasteiger partial charge on any atom is 0.573 e. The molecule has 0 bridgehead atoms. The van der Waals surface area contributed by atoms with Gasteiger partial charge in [0.15, 0.2) is 11.6 Å². The number of fused-ring (bicyclic) bond motifs is 1. The van der Waals surface area contributed by atoms with Crippen LogP contribution in [0.2, 0.25) is 0 Å². The van der Waals surface area contributed by atoms with E-state index in [1.54, 1.807) is 6.92 Å². The minimum absolute atomic E-state index is 0.00963. The Labute approximate surface area is 157 Å². The first-order valence-corrected chi connectivity index (χ1v) is 8.75. The molecule has 1 atom stereocenters. The highest BCUT2D eigenvalue weighted by atomic mass is 19.4. The van der Waals surface area contributed by atoms with Gasteiger partial charge in [0.1, 0.15) is 11.6 Å². The molecule has 1 aliphatic carbocycles. The van der Waals surface area contributed by atoms with Crippen LogP contribution in [0.15, 0.2) is 18.2 Å². The van der Waals surface area contributed by atoms with Crippen molar-refractivity contribution in [2.75, 3.05) is 0 Å². The maximum absolute atomic E-state index is 14.3. The standard InChI is InChI=1S/C20H17F7O/c1-10-6-15(21)14(16(22)7-10)5-3-11-2-4-13-12(8-11)9-17(23)19(18(13)24)28-20(25,26)27/h6-7,9,11H,2-5,8H2,1H3. The maximum atomic E-state index is 14.3. The zero-order valence-corrected chi connectivity index (χ0v) is 14.9. The fourth-order valence-corrected chi connectivity index (χ4v) is 3.68. The zero-order valence-electron chi connectivity index (χ0n) is 14.9. The second kappa shape index (κ2) is 7.64. The molecule has 2 aromatic carbocycles. The van der Waals surface area contributed by atoms with Crippen LogP contribution in [-0.4, -0.2) is 6.36 Å². The Morgan fingerprint density at radius 2 is 1.64 bits per heavy atom. The van der Waals surface area contributed by atoms with Crippen LogP contribution in [0.4, 0.5) is 30.7 Å². The van der Waals surface area contributed by atoms with Gasteiger partial charge in [-0.15, -0.1) is 13.2 Å². The van der Waals surface area contributed by atoms with Gasteiger partial charge in [0.25, 0.3) is 0 Å². The minimum atomic E-state index is -5.20. The number of hydrogen-bond donors (Lipinski definition) is 0. The molecule has 0 heterocycles. The first kappa shape index (κ1) is 20.5. The summed E-state index contributed by atoms with van der Waals surface area (Å²) in [6, 6.07) is 3.32. The fourth-order valence-electron chi connectivity index (χ4n) is 3.68. The Balaban J connectivity index is 1.75. The van der Waals surface area contributed by atoms with E-state index in [0.29, 0.717) is 18.4 Å². The normalized spacial score (nSPS) is 16.8. The van der Waals surface area contributed by atoms with Gasteiger partial charge < -0.3 is 4.74 Å². The summed E-state index contributed by atoms with van der Waals surface area (Å²) < 4.78 is 96.6. The van der Waals surface area contributed by atoms with Crippen LogP contribution in [0.5, 0.6) is 5.75 Å². The SMILES string of the molecule is Cc1cc(F)c(CCC2CCc3c(cc(F)c(OC(F)(F)F)c3F)C2)c(F)c1. The average Bonchev–Trinajstić information content (AvgIpc) is 2.56. The number of alkyl halides is 3. The first-order valence-electron chi connectivity index (χ1n) is 8.75. The van der Waals surface area contributed by atoms with E-state index in [2.05, 4.69) is 4.74 Å². The molecule has 0 fully saturated rings. The van der Waals surface area contributed by atoms with Crippen LogP contribution in [0.3, 0.4) is 0 Å². The zero-order chi connectivity index (χ0) is 20.6. The fraction of sp³-hybridized carbons (Fsp3) is 0.400. The van der Waals surface area contributed by atoms with Crippen molar-refractivity contribution in [3.8, 4) is 5.75 Å². The number of halogens is 7. The molecule has 0 saturated carbocycles. The van der Waals surface area contributed by atoms with Crippen LogP contribution >= 0.6 is 0 Å². The average molecular weight is 406 g/mol. The van der Waals surface area contributed by atoms with Crippen LogP contribution < -0.4 is 4.74 Å². The van der Waals surface area contributed by atoms with Crippen molar-refractivity contribution in [1.82, 2.24) is 0 Å². The van der Waals surface area contributed by atoms with E-state index in [0.717, 1.165) is 6.07 Å². The monoisotopic (exact) mass is 406 g/mol.